The maximum atomic E-state index is 11.9. The highest BCUT2D eigenvalue weighted by Crippen LogP contribution is 2.26. The Morgan fingerprint density at radius 1 is 1.05 bits per heavy atom. The number of hydrogen-bond acceptors (Lipinski definition) is 2. The molecule has 21 heavy (non-hydrogen) atoms. The zero-order valence-corrected chi connectivity index (χ0v) is 13.0. The minimum absolute atomic E-state index is 0.231. The smallest absolute Gasteiger partial charge is 0.323 e. The summed E-state index contributed by atoms with van der Waals surface area (Å²) >= 11 is 9.29. The van der Waals surface area contributed by atoms with Crippen molar-refractivity contribution in [3.63, 3.8) is 0 Å². The molecule has 0 aliphatic carbocycles. The molecule has 0 saturated heterocycles. The van der Waals surface area contributed by atoms with Crippen molar-refractivity contribution in [2.75, 3.05) is 10.6 Å². The second-order valence-electron chi connectivity index (χ2n) is 4.11. The van der Waals surface area contributed by atoms with Gasteiger partial charge >= 0.3 is 6.03 Å². The van der Waals surface area contributed by atoms with Gasteiger partial charge in [0.15, 0.2) is 0 Å². The van der Waals surface area contributed by atoms with Crippen molar-refractivity contribution >= 4 is 50.8 Å². The minimum Gasteiger partial charge on any atom is -0.366 e. The van der Waals surface area contributed by atoms with Crippen molar-refractivity contribution in [1.29, 1.82) is 0 Å². The highest BCUT2D eigenvalue weighted by atomic mass is 79.9. The molecule has 0 heterocycles. The lowest BCUT2D eigenvalue weighted by atomic mass is 10.1. The van der Waals surface area contributed by atoms with Crippen LogP contribution in [-0.2, 0) is 0 Å². The molecule has 2 aromatic rings. The number of nitrogens with two attached hydrogens (primary N) is 1. The second-order valence-corrected chi connectivity index (χ2v) is 5.44. The molecule has 0 aliphatic rings. The number of carbonyl (C=O) groups is 2. The highest BCUT2D eigenvalue weighted by Gasteiger charge is 2.11. The van der Waals surface area contributed by atoms with Gasteiger partial charge in [-0.1, -0.05) is 39.7 Å². The van der Waals surface area contributed by atoms with Crippen LogP contribution < -0.4 is 16.4 Å². The average Bonchev–Trinajstić information content (AvgIpc) is 2.42. The van der Waals surface area contributed by atoms with Gasteiger partial charge in [-0.05, 0) is 30.3 Å². The Bertz CT molecular complexity index is 706. The molecular formula is C14H11BrClN3O2. The summed E-state index contributed by atoms with van der Waals surface area (Å²) in [6.07, 6.45) is 0. The summed E-state index contributed by atoms with van der Waals surface area (Å²) in [6, 6.07) is 11.0. The van der Waals surface area contributed by atoms with Crippen LogP contribution in [0.2, 0.25) is 5.02 Å². The summed E-state index contributed by atoms with van der Waals surface area (Å²) in [5, 5.41) is 5.55. The normalized spacial score (nSPS) is 10.0. The van der Waals surface area contributed by atoms with Crippen LogP contribution in [0, 0.1) is 0 Å². The molecule has 2 aromatic carbocycles. The van der Waals surface area contributed by atoms with E-state index >= 15 is 0 Å². The third-order valence-corrected chi connectivity index (χ3v) is 3.43. The zero-order chi connectivity index (χ0) is 15.4. The quantitative estimate of drug-likeness (QED) is 0.769. The first-order valence-electron chi connectivity index (χ1n) is 5.89. The number of nitrogens with one attached hydrogen (secondary N) is 2. The predicted molar refractivity (Wildman–Crippen MR) is 86.8 cm³/mol. The first-order chi connectivity index (χ1) is 9.97. The standard InChI is InChI=1S/C14H11BrClN3O2/c15-8-5-6-12(10(16)7-8)19-14(21)18-11-4-2-1-3-9(11)13(17)20/h1-7H,(H2,17,20)(H2,18,19,21). The zero-order valence-electron chi connectivity index (χ0n) is 10.7. The molecule has 0 aromatic heterocycles. The van der Waals surface area contributed by atoms with E-state index in [1.165, 1.54) is 6.07 Å². The van der Waals surface area contributed by atoms with Crippen LogP contribution >= 0.6 is 27.5 Å². The molecule has 0 atom stereocenters. The summed E-state index contributed by atoms with van der Waals surface area (Å²) in [5.41, 5.74) is 6.26. The number of halogens is 2. The predicted octanol–water partition coefficient (Wildman–Crippen LogP) is 3.85. The lowest BCUT2D eigenvalue weighted by Gasteiger charge is -2.11. The topological polar surface area (TPSA) is 84.2 Å². The summed E-state index contributed by atoms with van der Waals surface area (Å²) in [7, 11) is 0. The number of urea groups is 1. The second kappa shape index (κ2) is 6.60. The number of carbonyl (C=O) groups excluding carboxylic acids is 2. The highest BCUT2D eigenvalue weighted by molar-refractivity contribution is 9.10. The van der Waals surface area contributed by atoms with Gasteiger partial charge < -0.3 is 16.4 Å². The van der Waals surface area contributed by atoms with E-state index in [0.29, 0.717) is 16.4 Å². The molecule has 0 saturated carbocycles. The fourth-order valence-electron chi connectivity index (χ4n) is 1.67. The molecule has 2 rings (SSSR count). The van der Waals surface area contributed by atoms with Crippen LogP contribution in [0.5, 0.6) is 0 Å². The van der Waals surface area contributed by atoms with Crippen LogP contribution in [0.25, 0.3) is 0 Å². The number of anilines is 2. The van der Waals surface area contributed by atoms with E-state index in [4.69, 9.17) is 17.3 Å². The molecule has 0 spiro atoms. The van der Waals surface area contributed by atoms with Crippen LogP contribution in [0.4, 0.5) is 16.2 Å². The summed E-state index contributed by atoms with van der Waals surface area (Å²) in [6.45, 7) is 0. The summed E-state index contributed by atoms with van der Waals surface area (Å²) in [4.78, 5) is 23.2. The molecule has 3 amide bonds. The Morgan fingerprint density at radius 3 is 2.38 bits per heavy atom. The van der Waals surface area contributed by atoms with Crippen molar-refractivity contribution in [2.45, 2.75) is 0 Å². The van der Waals surface area contributed by atoms with Crippen LogP contribution in [0.1, 0.15) is 10.4 Å². The molecule has 7 heteroatoms. The summed E-state index contributed by atoms with van der Waals surface area (Å²) in [5.74, 6) is -0.618. The molecule has 108 valence electrons. The number of hydrogen-bond donors (Lipinski definition) is 3. The lowest BCUT2D eigenvalue weighted by molar-refractivity contribution is 0.100. The van der Waals surface area contributed by atoms with Gasteiger partial charge in [0.1, 0.15) is 0 Å². The Balaban J connectivity index is 2.14. The number of amides is 3. The third kappa shape index (κ3) is 3.96. The van der Waals surface area contributed by atoms with E-state index < -0.39 is 11.9 Å². The van der Waals surface area contributed by atoms with Gasteiger partial charge in [-0.15, -0.1) is 0 Å². The molecule has 4 N–H and O–H groups in total. The molecule has 5 nitrogen and oxygen atoms in total. The maximum Gasteiger partial charge on any atom is 0.323 e. The molecule has 0 aliphatic heterocycles. The van der Waals surface area contributed by atoms with Gasteiger partial charge in [0.05, 0.1) is 22.0 Å². The largest absolute Gasteiger partial charge is 0.366 e. The van der Waals surface area contributed by atoms with Gasteiger partial charge in [0.2, 0.25) is 0 Å². The third-order valence-electron chi connectivity index (χ3n) is 2.62. The van der Waals surface area contributed by atoms with Crippen molar-refractivity contribution < 1.29 is 9.59 Å². The van der Waals surface area contributed by atoms with Crippen molar-refractivity contribution in [3.8, 4) is 0 Å². The van der Waals surface area contributed by atoms with Crippen LogP contribution in [-0.4, -0.2) is 11.9 Å². The van der Waals surface area contributed by atoms with Gasteiger partial charge in [-0.25, -0.2) is 4.79 Å². The summed E-state index contributed by atoms with van der Waals surface area (Å²) < 4.78 is 0.803. The van der Waals surface area contributed by atoms with Gasteiger partial charge in [0, 0.05) is 4.47 Å². The number of rotatable bonds is 3. The Hall–Kier alpha value is -2.05. The molecule has 0 unspecified atom stereocenters. The van der Waals surface area contributed by atoms with Crippen molar-refractivity contribution in [2.24, 2.45) is 5.73 Å². The molecule has 0 radical (unpaired) electrons. The SMILES string of the molecule is NC(=O)c1ccccc1NC(=O)Nc1ccc(Br)cc1Cl. The van der Waals surface area contributed by atoms with Gasteiger partial charge in [-0.3, -0.25) is 4.79 Å². The van der Waals surface area contributed by atoms with E-state index in [-0.39, 0.29) is 5.56 Å². The van der Waals surface area contributed by atoms with Crippen molar-refractivity contribution in [3.05, 3.63) is 57.5 Å². The van der Waals surface area contributed by atoms with E-state index in [2.05, 4.69) is 26.6 Å². The fraction of sp³-hybridized carbons (Fsp3) is 0. The lowest BCUT2D eigenvalue weighted by Crippen LogP contribution is -2.22. The monoisotopic (exact) mass is 367 g/mol. The Kier molecular flexibility index (Phi) is 4.82. The maximum absolute atomic E-state index is 11.9. The molecule has 0 bridgehead atoms. The van der Waals surface area contributed by atoms with E-state index in [1.54, 1.807) is 36.4 Å². The van der Waals surface area contributed by atoms with Gasteiger partial charge in [0.25, 0.3) is 5.91 Å². The number of primary amides is 1. The van der Waals surface area contributed by atoms with E-state index in [0.717, 1.165) is 4.47 Å². The Morgan fingerprint density at radius 2 is 1.71 bits per heavy atom. The van der Waals surface area contributed by atoms with Crippen LogP contribution in [0.15, 0.2) is 46.9 Å². The minimum atomic E-state index is -0.618. The van der Waals surface area contributed by atoms with Gasteiger partial charge in [-0.2, -0.15) is 0 Å². The van der Waals surface area contributed by atoms with Crippen molar-refractivity contribution in [1.82, 2.24) is 0 Å². The first kappa shape index (κ1) is 15.3. The molecular weight excluding hydrogens is 358 g/mol. The first-order valence-corrected chi connectivity index (χ1v) is 7.06. The average molecular weight is 369 g/mol. The van der Waals surface area contributed by atoms with E-state index in [1.807, 2.05) is 0 Å². The van der Waals surface area contributed by atoms with E-state index in [9.17, 15) is 9.59 Å². The van der Waals surface area contributed by atoms with Crippen LogP contribution in [0.3, 0.4) is 0 Å². The number of benzene rings is 2. The number of para-hydroxylation sites is 1. The fourth-order valence-corrected chi connectivity index (χ4v) is 2.39. The molecule has 0 fully saturated rings. The Labute approximate surface area is 134 Å².